The summed E-state index contributed by atoms with van der Waals surface area (Å²) in [6.07, 6.45) is 1.78. The Hall–Kier alpha value is -3.04. The zero-order chi connectivity index (χ0) is 21.3. The maximum absolute atomic E-state index is 12.7. The van der Waals surface area contributed by atoms with E-state index in [1.54, 1.807) is 24.3 Å². The van der Waals surface area contributed by atoms with Crippen molar-refractivity contribution in [3.63, 3.8) is 0 Å². The molecule has 0 saturated carbocycles. The molecule has 0 N–H and O–H groups in total. The Morgan fingerprint density at radius 3 is 2.33 bits per heavy atom. The molecule has 1 heterocycles. The minimum atomic E-state index is -0.117. The van der Waals surface area contributed by atoms with Crippen molar-refractivity contribution in [1.29, 1.82) is 0 Å². The highest BCUT2D eigenvalue weighted by molar-refractivity contribution is 6.30. The summed E-state index contributed by atoms with van der Waals surface area (Å²) >= 11 is 5.91. The van der Waals surface area contributed by atoms with Crippen LogP contribution in [0.25, 0.3) is 6.08 Å². The second kappa shape index (κ2) is 8.00. The van der Waals surface area contributed by atoms with E-state index >= 15 is 0 Å². The van der Waals surface area contributed by atoms with Crippen LogP contribution in [-0.2, 0) is 12.0 Å². The number of Topliss-reactive ketones (excluding diaryl/α,β-unsaturated/α-hetero) is 1. The Bertz CT molecular complexity index is 1100. The molecule has 0 saturated heterocycles. The van der Waals surface area contributed by atoms with Gasteiger partial charge in [-0.05, 0) is 52.4 Å². The maximum atomic E-state index is 12.7. The number of hydrogen-bond donors (Lipinski definition) is 0. The molecule has 3 aromatic carbocycles. The van der Waals surface area contributed by atoms with Gasteiger partial charge >= 0.3 is 0 Å². The lowest BCUT2D eigenvalue weighted by Crippen LogP contribution is -2.10. The van der Waals surface area contributed by atoms with Crippen molar-refractivity contribution in [1.82, 2.24) is 0 Å². The molecular formula is C26H23ClO3. The molecule has 0 spiro atoms. The molecule has 4 rings (SSSR count). The Kier molecular flexibility index (Phi) is 5.40. The minimum absolute atomic E-state index is 0.0873. The van der Waals surface area contributed by atoms with E-state index in [0.29, 0.717) is 34.5 Å². The van der Waals surface area contributed by atoms with Crippen LogP contribution in [-0.4, -0.2) is 5.78 Å². The number of rotatable bonds is 4. The molecular weight excluding hydrogens is 396 g/mol. The van der Waals surface area contributed by atoms with Crippen LogP contribution in [0.4, 0.5) is 0 Å². The maximum Gasteiger partial charge on any atom is 0.231 e. The summed E-state index contributed by atoms with van der Waals surface area (Å²) in [4.78, 5) is 12.7. The number of ketones is 1. The lowest BCUT2D eigenvalue weighted by Gasteiger charge is -2.18. The van der Waals surface area contributed by atoms with E-state index in [0.717, 1.165) is 11.1 Å². The van der Waals surface area contributed by atoms with Gasteiger partial charge in [0, 0.05) is 11.1 Å². The van der Waals surface area contributed by atoms with E-state index < -0.39 is 0 Å². The number of benzene rings is 3. The van der Waals surface area contributed by atoms with Crippen molar-refractivity contribution >= 4 is 23.5 Å². The lowest BCUT2D eigenvalue weighted by atomic mass is 9.86. The molecule has 1 aliphatic heterocycles. The van der Waals surface area contributed by atoms with Crippen LogP contribution in [0.15, 0.2) is 72.5 Å². The van der Waals surface area contributed by atoms with Crippen molar-refractivity contribution in [2.24, 2.45) is 0 Å². The van der Waals surface area contributed by atoms with E-state index in [4.69, 9.17) is 21.1 Å². The van der Waals surface area contributed by atoms with E-state index in [9.17, 15) is 4.79 Å². The Morgan fingerprint density at radius 1 is 0.967 bits per heavy atom. The second-order valence-electron chi connectivity index (χ2n) is 8.38. The van der Waals surface area contributed by atoms with Crippen LogP contribution in [0.5, 0.6) is 11.5 Å². The molecule has 0 atom stereocenters. The smallest absolute Gasteiger partial charge is 0.231 e. The first-order valence-electron chi connectivity index (χ1n) is 9.86. The average molecular weight is 419 g/mol. The molecule has 152 valence electrons. The molecule has 3 aromatic rings. The van der Waals surface area contributed by atoms with E-state index in [1.807, 2.05) is 36.4 Å². The van der Waals surface area contributed by atoms with Gasteiger partial charge in [-0.1, -0.05) is 68.8 Å². The third-order valence-corrected chi connectivity index (χ3v) is 5.29. The van der Waals surface area contributed by atoms with Gasteiger partial charge in [0.25, 0.3) is 0 Å². The van der Waals surface area contributed by atoms with E-state index in [-0.39, 0.29) is 11.2 Å². The monoisotopic (exact) mass is 418 g/mol. The van der Waals surface area contributed by atoms with Crippen molar-refractivity contribution in [2.45, 2.75) is 32.8 Å². The first kappa shape index (κ1) is 20.2. The normalized spacial score (nSPS) is 14.5. The van der Waals surface area contributed by atoms with Gasteiger partial charge in [0.2, 0.25) is 5.78 Å². The highest BCUT2D eigenvalue weighted by Crippen LogP contribution is 2.35. The molecule has 0 fully saturated rings. The minimum Gasteiger partial charge on any atom is -0.489 e. The second-order valence-corrected chi connectivity index (χ2v) is 8.82. The molecule has 0 radical (unpaired) electrons. The number of ether oxygens (including phenoxy) is 2. The summed E-state index contributed by atoms with van der Waals surface area (Å²) in [5.74, 6) is 1.37. The first-order valence-corrected chi connectivity index (χ1v) is 10.2. The van der Waals surface area contributed by atoms with Gasteiger partial charge in [0.1, 0.15) is 18.1 Å². The predicted molar refractivity (Wildman–Crippen MR) is 120 cm³/mol. The Balaban J connectivity index is 1.48. The highest BCUT2D eigenvalue weighted by atomic mass is 35.5. The first-order chi connectivity index (χ1) is 14.3. The molecule has 0 bridgehead atoms. The van der Waals surface area contributed by atoms with E-state index in [1.165, 1.54) is 5.56 Å². The van der Waals surface area contributed by atoms with Gasteiger partial charge in [0.05, 0.1) is 5.56 Å². The molecule has 0 aromatic heterocycles. The summed E-state index contributed by atoms with van der Waals surface area (Å²) in [6.45, 7) is 6.93. The average Bonchev–Trinajstić information content (AvgIpc) is 3.02. The third-order valence-electron chi connectivity index (χ3n) is 5.03. The summed E-state index contributed by atoms with van der Waals surface area (Å²) < 4.78 is 11.7. The van der Waals surface area contributed by atoms with Crippen LogP contribution in [0.2, 0.25) is 5.02 Å². The van der Waals surface area contributed by atoms with Crippen LogP contribution in [0, 0.1) is 0 Å². The van der Waals surface area contributed by atoms with Gasteiger partial charge in [-0.3, -0.25) is 4.79 Å². The standard InChI is InChI=1S/C26H23ClO3/c1-26(2,3)19-8-4-17(5-9-19)14-24-25(28)22-13-12-21(15-23(22)30-24)29-16-18-6-10-20(27)11-7-18/h4-15H,16H2,1-3H3/b24-14-. The van der Waals surface area contributed by atoms with Gasteiger partial charge in [-0.2, -0.15) is 0 Å². The summed E-state index contributed by atoms with van der Waals surface area (Å²) in [5.41, 5.74) is 3.82. The van der Waals surface area contributed by atoms with Crippen LogP contribution in [0.3, 0.4) is 0 Å². The molecule has 0 unspecified atom stereocenters. The fourth-order valence-electron chi connectivity index (χ4n) is 3.24. The van der Waals surface area contributed by atoms with Crippen LogP contribution < -0.4 is 9.47 Å². The zero-order valence-electron chi connectivity index (χ0n) is 17.2. The molecule has 1 aliphatic rings. The number of allylic oxidation sites excluding steroid dienone is 1. The fraction of sp³-hybridized carbons (Fsp3) is 0.192. The molecule has 30 heavy (non-hydrogen) atoms. The molecule has 0 amide bonds. The Morgan fingerprint density at radius 2 is 1.67 bits per heavy atom. The molecule has 4 heteroatoms. The predicted octanol–water partition coefficient (Wildman–Crippen LogP) is 6.83. The quantitative estimate of drug-likeness (QED) is 0.435. The molecule has 3 nitrogen and oxygen atoms in total. The van der Waals surface area contributed by atoms with Crippen LogP contribution >= 0.6 is 11.6 Å². The fourth-order valence-corrected chi connectivity index (χ4v) is 3.36. The third kappa shape index (κ3) is 4.42. The number of carbonyl (C=O) groups is 1. The topological polar surface area (TPSA) is 35.5 Å². The Labute approximate surface area is 181 Å². The van der Waals surface area contributed by atoms with Gasteiger partial charge < -0.3 is 9.47 Å². The van der Waals surface area contributed by atoms with Gasteiger partial charge in [0.15, 0.2) is 5.76 Å². The van der Waals surface area contributed by atoms with Crippen LogP contribution in [0.1, 0.15) is 47.8 Å². The van der Waals surface area contributed by atoms with Crippen molar-refractivity contribution < 1.29 is 14.3 Å². The number of halogens is 1. The largest absolute Gasteiger partial charge is 0.489 e. The van der Waals surface area contributed by atoms with Gasteiger partial charge in [-0.25, -0.2) is 0 Å². The highest BCUT2D eigenvalue weighted by Gasteiger charge is 2.27. The SMILES string of the molecule is CC(C)(C)c1ccc(/C=C2\Oc3cc(OCc4ccc(Cl)cc4)ccc3C2=O)cc1. The zero-order valence-corrected chi connectivity index (χ0v) is 18.0. The number of hydrogen-bond acceptors (Lipinski definition) is 3. The van der Waals surface area contributed by atoms with E-state index in [2.05, 4.69) is 32.9 Å². The van der Waals surface area contributed by atoms with Crippen molar-refractivity contribution in [2.75, 3.05) is 0 Å². The lowest BCUT2D eigenvalue weighted by molar-refractivity contribution is 0.101. The number of fused-ring (bicyclic) bond motifs is 1. The van der Waals surface area contributed by atoms with Gasteiger partial charge in [-0.15, -0.1) is 0 Å². The van der Waals surface area contributed by atoms with Crippen molar-refractivity contribution in [3.05, 3.63) is 99.8 Å². The molecule has 0 aliphatic carbocycles. The number of carbonyl (C=O) groups excluding carboxylic acids is 1. The van der Waals surface area contributed by atoms with Crippen molar-refractivity contribution in [3.8, 4) is 11.5 Å². The summed E-state index contributed by atoms with van der Waals surface area (Å²) in [5, 5.41) is 0.690. The summed E-state index contributed by atoms with van der Waals surface area (Å²) in [7, 11) is 0. The summed E-state index contributed by atoms with van der Waals surface area (Å²) in [6, 6.07) is 21.0.